The van der Waals surface area contributed by atoms with Gasteiger partial charge in [-0.25, -0.2) is 4.79 Å². The Labute approximate surface area is 125 Å². The van der Waals surface area contributed by atoms with Gasteiger partial charge in [-0.15, -0.1) is 0 Å². The van der Waals surface area contributed by atoms with Crippen LogP contribution in [0.2, 0.25) is 0 Å². The summed E-state index contributed by atoms with van der Waals surface area (Å²) < 4.78 is 1.07. The van der Waals surface area contributed by atoms with E-state index in [9.17, 15) is 4.79 Å². The van der Waals surface area contributed by atoms with E-state index < -0.39 is 0 Å². The Morgan fingerprint density at radius 2 is 1.90 bits per heavy atom. The van der Waals surface area contributed by atoms with Gasteiger partial charge in [-0.05, 0) is 55.3 Å². The molecule has 20 heavy (non-hydrogen) atoms. The number of rotatable bonds is 3. The van der Waals surface area contributed by atoms with Gasteiger partial charge in [0.2, 0.25) is 0 Å². The number of benzene rings is 1. The first kappa shape index (κ1) is 12.7. The van der Waals surface area contributed by atoms with E-state index >= 15 is 0 Å². The average Bonchev–Trinajstić information content (AvgIpc) is 2.76. The molecule has 1 aromatic carbocycles. The Hall–Kier alpha value is -1.07. The first-order valence-electron chi connectivity index (χ1n) is 7.27. The molecule has 0 radical (unpaired) electrons. The first-order valence-corrected chi connectivity index (χ1v) is 8.07. The highest BCUT2D eigenvalue weighted by Gasteiger charge is 2.55. The van der Waals surface area contributed by atoms with Crippen molar-refractivity contribution in [2.75, 3.05) is 7.05 Å². The van der Waals surface area contributed by atoms with Crippen molar-refractivity contribution in [2.24, 2.45) is 17.8 Å². The largest absolute Gasteiger partial charge is 0.323 e. The van der Waals surface area contributed by atoms with Crippen LogP contribution >= 0.6 is 15.9 Å². The van der Waals surface area contributed by atoms with Crippen LogP contribution in [0.3, 0.4) is 0 Å². The van der Waals surface area contributed by atoms with E-state index in [1.807, 2.05) is 13.1 Å². The van der Waals surface area contributed by atoms with E-state index in [0.717, 1.165) is 33.3 Å². The summed E-state index contributed by atoms with van der Waals surface area (Å²) in [5.41, 5.74) is 2.86. The lowest BCUT2D eigenvalue weighted by molar-refractivity contribution is 0.443. The fraction of sp³-hybridized carbons (Fsp3) is 0.533. The van der Waals surface area contributed by atoms with Gasteiger partial charge in [0.1, 0.15) is 0 Å². The lowest BCUT2D eigenvalue weighted by atomic mass is 9.96. The predicted molar refractivity (Wildman–Crippen MR) is 82.7 cm³/mol. The monoisotopic (exact) mass is 335 g/mol. The molecule has 0 aliphatic heterocycles. The Balaban J connectivity index is 1.75. The van der Waals surface area contributed by atoms with Crippen molar-refractivity contribution in [3.8, 4) is 0 Å². The Morgan fingerprint density at radius 3 is 2.55 bits per heavy atom. The third-order valence-electron chi connectivity index (χ3n) is 5.14. The van der Waals surface area contributed by atoms with Crippen molar-refractivity contribution < 1.29 is 0 Å². The second-order valence-corrected chi connectivity index (χ2v) is 6.96. The molecule has 2 aliphatic rings. The molecule has 2 aromatic rings. The molecule has 0 bridgehead atoms. The van der Waals surface area contributed by atoms with Crippen molar-refractivity contribution in [1.29, 1.82) is 0 Å². The predicted octanol–water partition coefficient (Wildman–Crippen LogP) is 2.93. The lowest BCUT2D eigenvalue weighted by Gasteiger charge is -2.20. The standard InChI is InChI=1S/C15H18BrN3O/c1-17-14(13-7-3-2-4-8(7)13)9-5-11-12(6-10(9)16)19-15(20)18-11/h5-8,13-14,17H,2-4H2,1H3,(H2,18,19,20). The molecule has 2 aliphatic carbocycles. The molecule has 3 unspecified atom stereocenters. The van der Waals surface area contributed by atoms with Crippen LogP contribution in [0.25, 0.3) is 11.0 Å². The summed E-state index contributed by atoms with van der Waals surface area (Å²) in [5.74, 6) is 2.56. The molecule has 2 saturated carbocycles. The Morgan fingerprint density at radius 1 is 1.25 bits per heavy atom. The van der Waals surface area contributed by atoms with Crippen LogP contribution in [0.1, 0.15) is 30.9 Å². The smallest absolute Gasteiger partial charge is 0.313 e. The molecule has 4 rings (SSSR count). The maximum absolute atomic E-state index is 11.4. The molecule has 106 valence electrons. The average molecular weight is 336 g/mol. The number of hydrogen-bond acceptors (Lipinski definition) is 2. The Bertz CT molecular complexity index is 709. The van der Waals surface area contributed by atoms with Gasteiger partial charge in [0, 0.05) is 10.5 Å². The minimum absolute atomic E-state index is 0.145. The topological polar surface area (TPSA) is 60.7 Å². The first-order chi connectivity index (χ1) is 9.69. The zero-order valence-corrected chi connectivity index (χ0v) is 13.0. The van der Waals surface area contributed by atoms with Crippen molar-refractivity contribution in [2.45, 2.75) is 25.3 Å². The second kappa shape index (κ2) is 4.46. The fourth-order valence-corrected chi connectivity index (χ4v) is 4.83. The number of aromatic amines is 2. The van der Waals surface area contributed by atoms with Crippen LogP contribution < -0.4 is 11.0 Å². The van der Waals surface area contributed by atoms with E-state index in [1.54, 1.807) is 0 Å². The van der Waals surface area contributed by atoms with E-state index in [-0.39, 0.29) is 5.69 Å². The molecule has 0 amide bonds. The number of halogens is 1. The molecule has 3 N–H and O–H groups in total. The summed E-state index contributed by atoms with van der Waals surface area (Å²) in [6, 6.07) is 4.49. The molecular weight excluding hydrogens is 318 g/mol. The summed E-state index contributed by atoms with van der Waals surface area (Å²) in [5, 5.41) is 3.49. The Kier molecular flexibility index (Phi) is 2.82. The van der Waals surface area contributed by atoms with Crippen LogP contribution in [-0.4, -0.2) is 17.0 Å². The zero-order chi connectivity index (χ0) is 13.9. The molecule has 1 aromatic heterocycles. The van der Waals surface area contributed by atoms with Gasteiger partial charge >= 0.3 is 5.69 Å². The number of fused-ring (bicyclic) bond motifs is 2. The van der Waals surface area contributed by atoms with Gasteiger partial charge in [-0.3, -0.25) is 0 Å². The maximum Gasteiger partial charge on any atom is 0.323 e. The van der Waals surface area contributed by atoms with Gasteiger partial charge < -0.3 is 15.3 Å². The highest BCUT2D eigenvalue weighted by molar-refractivity contribution is 9.10. The third kappa shape index (κ3) is 1.79. The van der Waals surface area contributed by atoms with Crippen LogP contribution in [0.5, 0.6) is 0 Å². The lowest BCUT2D eigenvalue weighted by Crippen LogP contribution is -2.21. The molecule has 1 heterocycles. The highest BCUT2D eigenvalue weighted by Crippen LogP contribution is 2.62. The molecule has 0 saturated heterocycles. The minimum atomic E-state index is -0.145. The summed E-state index contributed by atoms with van der Waals surface area (Å²) in [6.45, 7) is 0. The third-order valence-corrected chi connectivity index (χ3v) is 5.82. The molecule has 5 heteroatoms. The summed E-state index contributed by atoms with van der Waals surface area (Å²) >= 11 is 3.67. The maximum atomic E-state index is 11.4. The van der Waals surface area contributed by atoms with Crippen molar-refractivity contribution >= 4 is 27.0 Å². The second-order valence-electron chi connectivity index (χ2n) is 6.10. The van der Waals surface area contributed by atoms with E-state index in [0.29, 0.717) is 6.04 Å². The number of H-pyrrole nitrogens is 2. The van der Waals surface area contributed by atoms with Crippen molar-refractivity contribution in [1.82, 2.24) is 15.3 Å². The van der Waals surface area contributed by atoms with Gasteiger partial charge in [0.25, 0.3) is 0 Å². The van der Waals surface area contributed by atoms with Crippen molar-refractivity contribution in [3.05, 3.63) is 32.7 Å². The van der Waals surface area contributed by atoms with Crippen LogP contribution in [0.4, 0.5) is 0 Å². The number of imidazole rings is 1. The normalized spacial score (nSPS) is 29.6. The van der Waals surface area contributed by atoms with Crippen LogP contribution in [-0.2, 0) is 0 Å². The molecule has 4 nitrogen and oxygen atoms in total. The van der Waals surface area contributed by atoms with Gasteiger partial charge in [0.05, 0.1) is 11.0 Å². The molecular formula is C15H18BrN3O. The SMILES string of the molecule is CNC(c1cc2[nH]c(=O)[nH]c2cc1Br)C1C2CCCC21. The number of aromatic nitrogens is 2. The van der Waals surface area contributed by atoms with Gasteiger partial charge in [-0.1, -0.05) is 22.4 Å². The number of hydrogen-bond donors (Lipinski definition) is 3. The van der Waals surface area contributed by atoms with Gasteiger partial charge in [-0.2, -0.15) is 0 Å². The quantitative estimate of drug-likeness (QED) is 0.807. The van der Waals surface area contributed by atoms with Crippen LogP contribution in [0, 0.1) is 17.8 Å². The van der Waals surface area contributed by atoms with Crippen LogP contribution in [0.15, 0.2) is 21.4 Å². The summed E-state index contributed by atoms with van der Waals surface area (Å²) in [7, 11) is 2.04. The zero-order valence-electron chi connectivity index (χ0n) is 11.4. The van der Waals surface area contributed by atoms with E-state index in [4.69, 9.17) is 0 Å². The summed E-state index contributed by atoms with van der Waals surface area (Å²) in [4.78, 5) is 17.1. The fourth-order valence-electron chi connectivity index (χ4n) is 4.24. The number of nitrogens with one attached hydrogen (secondary N) is 3. The van der Waals surface area contributed by atoms with E-state index in [1.165, 1.54) is 24.8 Å². The van der Waals surface area contributed by atoms with Crippen molar-refractivity contribution in [3.63, 3.8) is 0 Å². The highest BCUT2D eigenvalue weighted by atomic mass is 79.9. The molecule has 0 spiro atoms. The molecule has 2 fully saturated rings. The minimum Gasteiger partial charge on any atom is -0.313 e. The molecule has 3 atom stereocenters. The summed E-state index contributed by atoms with van der Waals surface area (Å²) in [6.07, 6.45) is 4.16. The van der Waals surface area contributed by atoms with Gasteiger partial charge in [0.15, 0.2) is 0 Å². The van der Waals surface area contributed by atoms with E-state index in [2.05, 4.69) is 37.3 Å².